The summed E-state index contributed by atoms with van der Waals surface area (Å²) in [5.41, 5.74) is 1.52. The molecular formula is C19H22ClN5O2. The average Bonchev–Trinajstić information content (AvgIpc) is 2.69. The van der Waals surface area contributed by atoms with Crippen molar-refractivity contribution < 1.29 is 4.74 Å². The zero-order valence-corrected chi connectivity index (χ0v) is 15.9. The minimum atomic E-state index is -0.158. The number of nitrogens with one attached hydrogen (secondary N) is 2. The van der Waals surface area contributed by atoms with Gasteiger partial charge in [0, 0.05) is 38.8 Å². The van der Waals surface area contributed by atoms with Crippen LogP contribution in [0.1, 0.15) is 11.4 Å². The molecule has 0 radical (unpaired) electrons. The predicted molar refractivity (Wildman–Crippen MR) is 108 cm³/mol. The fraction of sp³-hybridized carbons (Fsp3) is 0.316. The van der Waals surface area contributed by atoms with Crippen LogP contribution < -0.4 is 20.5 Å². The fourth-order valence-corrected chi connectivity index (χ4v) is 3.17. The van der Waals surface area contributed by atoms with E-state index in [4.69, 9.17) is 4.74 Å². The first kappa shape index (κ1) is 19.1. The number of methoxy groups -OCH3 is 1. The Morgan fingerprint density at radius 1 is 1.19 bits per heavy atom. The van der Waals surface area contributed by atoms with Crippen molar-refractivity contribution in [1.82, 2.24) is 20.3 Å². The molecule has 1 aromatic carbocycles. The van der Waals surface area contributed by atoms with Crippen LogP contribution in [0.3, 0.4) is 0 Å². The van der Waals surface area contributed by atoms with Gasteiger partial charge in [-0.1, -0.05) is 6.07 Å². The van der Waals surface area contributed by atoms with Gasteiger partial charge in [0.15, 0.2) is 0 Å². The van der Waals surface area contributed by atoms with E-state index in [1.807, 2.05) is 24.4 Å². The Morgan fingerprint density at radius 2 is 2.00 bits per heavy atom. The minimum Gasteiger partial charge on any atom is -0.497 e. The number of pyridine rings is 1. The van der Waals surface area contributed by atoms with Gasteiger partial charge in [0.2, 0.25) is 0 Å². The highest BCUT2D eigenvalue weighted by molar-refractivity contribution is 5.85. The van der Waals surface area contributed by atoms with Gasteiger partial charge in [-0.25, -0.2) is 9.97 Å². The van der Waals surface area contributed by atoms with Crippen molar-refractivity contribution in [2.24, 2.45) is 0 Å². The third kappa shape index (κ3) is 4.20. The van der Waals surface area contributed by atoms with E-state index in [1.165, 1.54) is 0 Å². The number of ether oxygens (including phenoxy) is 1. The molecule has 3 heterocycles. The Bertz CT molecular complexity index is 968. The van der Waals surface area contributed by atoms with Gasteiger partial charge in [0.1, 0.15) is 17.4 Å². The molecule has 2 N–H and O–H groups in total. The van der Waals surface area contributed by atoms with Gasteiger partial charge in [-0.05, 0) is 29.8 Å². The molecule has 3 aromatic rings. The van der Waals surface area contributed by atoms with Crippen molar-refractivity contribution in [3.05, 3.63) is 58.3 Å². The summed E-state index contributed by atoms with van der Waals surface area (Å²) in [6.45, 7) is 3.90. The second-order valence-electron chi connectivity index (χ2n) is 6.33. The molecule has 0 atom stereocenters. The van der Waals surface area contributed by atoms with Crippen molar-refractivity contribution in [3.8, 4) is 5.75 Å². The first-order valence-electron chi connectivity index (χ1n) is 8.70. The van der Waals surface area contributed by atoms with E-state index >= 15 is 0 Å². The minimum absolute atomic E-state index is 0. The highest BCUT2D eigenvalue weighted by atomic mass is 35.5. The van der Waals surface area contributed by atoms with Crippen LogP contribution in [0.5, 0.6) is 5.75 Å². The predicted octanol–water partition coefficient (Wildman–Crippen LogP) is 1.75. The van der Waals surface area contributed by atoms with Crippen LogP contribution in [-0.2, 0) is 6.42 Å². The first-order chi connectivity index (χ1) is 12.7. The molecule has 2 aromatic heterocycles. The van der Waals surface area contributed by atoms with Crippen molar-refractivity contribution in [2.75, 3.05) is 38.2 Å². The molecule has 142 valence electrons. The van der Waals surface area contributed by atoms with Crippen LogP contribution in [0.15, 0.2) is 41.3 Å². The second kappa shape index (κ2) is 8.37. The molecule has 4 rings (SSSR count). The summed E-state index contributed by atoms with van der Waals surface area (Å²) in [7, 11) is 1.58. The number of H-pyrrole nitrogens is 1. The Balaban J connectivity index is 0.00000210. The number of hydrogen-bond acceptors (Lipinski definition) is 6. The van der Waals surface area contributed by atoms with Crippen LogP contribution in [0.4, 0.5) is 5.82 Å². The van der Waals surface area contributed by atoms with E-state index in [2.05, 4.69) is 25.2 Å². The third-order valence-electron chi connectivity index (χ3n) is 4.58. The molecule has 0 unspecified atom stereocenters. The van der Waals surface area contributed by atoms with Gasteiger partial charge < -0.3 is 19.9 Å². The van der Waals surface area contributed by atoms with Crippen molar-refractivity contribution in [2.45, 2.75) is 6.42 Å². The molecule has 7 nitrogen and oxygen atoms in total. The molecule has 1 saturated heterocycles. The summed E-state index contributed by atoms with van der Waals surface area (Å²) in [6.07, 6.45) is 2.39. The van der Waals surface area contributed by atoms with E-state index in [0.717, 1.165) is 37.6 Å². The lowest BCUT2D eigenvalue weighted by Gasteiger charge is -2.28. The van der Waals surface area contributed by atoms with Crippen molar-refractivity contribution in [1.29, 1.82) is 0 Å². The zero-order valence-electron chi connectivity index (χ0n) is 15.1. The molecule has 8 heteroatoms. The number of halogens is 1. The fourth-order valence-electron chi connectivity index (χ4n) is 3.17. The van der Waals surface area contributed by atoms with E-state index < -0.39 is 0 Å². The summed E-state index contributed by atoms with van der Waals surface area (Å²) < 4.78 is 5.17. The maximum absolute atomic E-state index is 12.3. The van der Waals surface area contributed by atoms with Crippen LogP contribution in [0.2, 0.25) is 0 Å². The number of rotatable bonds is 4. The topological polar surface area (TPSA) is 83.1 Å². The smallest absolute Gasteiger partial charge is 0.258 e. The number of benzene rings is 1. The summed E-state index contributed by atoms with van der Waals surface area (Å²) >= 11 is 0. The highest BCUT2D eigenvalue weighted by Crippen LogP contribution is 2.17. The maximum Gasteiger partial charge on any atom is 0.258 e. The van der Waals surface area contributed by atoms with Gasteiger partial charge in [-0.2, -0.15) is 0 Å². The average molecular weight is 388 g/mol. The van der Waals surface area contributed by atoms with Gasteiger partial charge >= 0.3 is 0 Å². The van der Waals surface area contributed by atoms with E-state index in [1.54, 1.807) is 19.2 Å². The van der Waals surface area contributed by atoms with Gasteiger partial charge in [-0.15, -0.1) is 12.4 Å². The van der Waals surface area contributed by atoms with Crippen LogP contribution in [0, 0.1) is 0 Å². The van der Waals surface area contributed by atoms with Crippen molar-refractivity contribution in [3.63, 3.8) is 0 Å². The summed E-state index contributed by atoms with van der Waals surface area (Å²) in [6, 6.07) is 9.39. The second-order valence-corrected chi connectivity index (χ2v) is 6.33. The lowest BCUT2D eigenvalue weighted by Crippen LogP contribution is -2.43. The number of piperazine rings is 1. The number of anilines is 1. The number of aromatic nitrogens is 3. The standard InChI is InChI=1S/C19H21N5O2.ClH/c1-26-14-3-4-16-15(11-14)19(25)23-17(22-16)10-13-2-5-18(21-12-13)24-8-6-20-7-9-24;/h2-5,11-12,20H,6-10H2,1H3,(H,22,23,25);1H. The number of fused-ring (bicyclic) bond motifs is 1. The third-order valence-corrected chi connectivity index (χ3v) is 4.58. The number of aromatic amines is 1. The quantitative estimate of drug-likeness (QED) is 0.709. The van der Waals surface area contributed by atoms with E-state index in [-0.39, 0.29) is 18.0 Å². The summed E-state index contributed by atoms with van der Waals surface area (Å²) in [5, 5.41) is 3.86. The molecule has 0 bridgehead atoms. The summed E-state index contributed by atoms with van der Waals surface area (Å²) in [5.74, 6) is 2.26. The van der Waals surface area contributed by atoms with Gasteiger partial charge in [0.05, 0.1) is 18.0 Å². The zero-order chi connectivity index (χ0) is 17.9. The molecule has 1 fully saturated rings. The maximum atomic E-state index is 12.3. The number of nitrogens with zero attached hydrogens (tertiary/aromatic N) is 3. The van der Waals surface area contributed by atoms with Gasteiger partial charge in [0.25, 0.3) is 5.56 Å². The van der Waals surface area contributed by atoms with Crippen LogP contribution in [0.25, 0.3) is 10.9 Å². The normalized spacial score (nSPS) is 14.0. The Morgan fingerprint density at radius 3 is 2.70 bits per heavy atom. The van der Waals surface area contributed by atoms with E-state index in [9.17, 15) is 4.79 Å². The largest absolute Gasteiger partial charge is 0.497 e. The van der Waals surface area contributed by atoms with Crippen molar-refractivity contribution >= 4 is 29.1 Å². The molecule has 0 aliphatic carbocycles. The van der Waals surface area contributed by atoms with Crippen LogP contribution >= 0.6 is 12.4 Å². The Hall–Kier alpha value is -2.64. The molecule has 0 amide bonds. The monoisotopic (exact) mass is 387 g/mol. The van der Waals surface area contributed by atoms with E-state index in [0.29, 0.717) is 28.9 Å². The van der Waals surface area contributed by atoms with Crippen LogP contribution in [-0.4, -0.2) is 48.2 Å². The number of hydrogen-bond donors (Lipinski definition) is 2. The Kier molecular flexibility index (Phi) is 5.93. The lowest BCUT2D eigenvalue weighted by molar-refractivity contribution is 0.415. The molecule has 0 saturated carbocycles. The molecule has 27 heavy (non-hydrogen) atoms. The first-order valence-corrected chi connectivity index (χ1v) is 8.70. The van der Waals surface area contributed by atoms with Gasteiger partial charge in [-0.3, -0.25) is 4.79 Å². The lowest BCUT2D eigenvalue weighted by atomic mass is 10.2. The SMILES string of the molecule is COc1ccc2nc(Cc3ccc(N4CCNCC4)nc3)[nH]c(=O)c2c1.Cl. The molecule has 1 aliphatic heterocycles. The molecule has 1 aliphatic rings. The Labute approximate surface area is 163 Å². The highest BCUT2D eigenvalue weighted by Gasteiger charge is 2.12. The summed E-state index contributed by atoms with van der Waals surface area (Å²) in [4.78, 5) is 26.6. The molecular weight excluding hydrogens is 366 g/mol. The molecule has 0 spiro atoms.